The SMILES string of the molecule is C[C@@H]1CCN(C(=O)CN2C(=O)N[C@@](C)(CCc3ccccc3)C2=O)c2ccccc2S1. The van der Waals surface area contributed by atoms with E-state index in [4.69, 9.17) is 0 Å². The van der Waals surface area contributed by atoms with Crippen LogP contribution < -0.4 is 10.2 Å². The molecule has 6 nitrogen and oxygen atoms in total. The highest BCUT2D eigenvalue weighted by Crippen LogP contribution is 2.37. The highest BCUT2D eigenvalue weighted by Gasteiger charge is 2.48. The summed E-state index contributed by atoms with van der Waals surface area (Å²) in [6, 6.07) is 17.2. The third-order valence-electron chi connectivity index (χ3n) is 5.94. The summed E-state index contributed by atoms with van der Waals surface area (Å²) in [5.41, 5.74) is 0.947. The lowest BCUT2D eigenvalue weighted by Gasteiger charge is -2.25. The molecule has 2 aromatic rings. The summed E-state index contributed by atoms with van der Waals surface area (Å²) in [4.78, 5) is 42.8. The van der Waals surface area contributed by atoms with Crippen LogP contribution >= 0.6 is 11.8 Å². The smallest absolute Gasteiger partial charge is 0.323 e. The van der Waals surface area contributed by atoms with Crippen LogP contribution in [-0.2, 0) is 16.0 Å². The van der Waals surface area contributed by atoms with Gasteiger partial charge in [0, 0.05) is 16.7 Å². The van der Waals surface area contributed by atoms with Crippen LogP contribution in [-0.4, -0.2) is 46.6 Å². The van der Waals surface area contributed by atoms with Gasteiger partial charge in [-0.1, -0.05) is 49.4 Å². The molecule has 0 spiro atoms. The summed E-state index contributed by atoms with van der Waals surface area (Å²) in [6.45, 7) is 4.20. The van der Waals surface area contributed by atoms with Crippen molar-refractivity contribution in [3.8, 4) is 0 Å². The number of hydrogen-bond acceptors (Lipinski definition) is 4. The first kappa shape index (κ1) is 21.4. The van der Waals surface area contributed by atoms with E-state index in [1.54, 1.807) is 23.6 Å². The fourth-order valence-corrected chi connectivity index (χ4v) is 5.18. The molecule has 1 saturated heterocycles. The first-order chi connectivity index (χ1) is 14.9. The largest absolute Gasteiger partial charge is 0.325 e. The molecule has 1 N–H and O–H groups in total. The molecule has 2 atom stereocenters. The molecule has 2 aromatic carbocycles. The van der Waals surface area contributed by atoms with E-state index in [9.17, 15) is 14.4 Å². The van der Waals surface area contributed by atoms with Gasteiger partial charge in [-0.3, -0.25) is 14.5 Å². The molecule has 0 bridgehead atoms. The number of carbonyl (C=O) groups excluding carboxylic acids is 3. The highest BCUT2D eigenvalue weighted by atomic mass is 32.2. The number of aryl methyl sites for hydroxylation is 1. The Morgan fingerprint density at radius 3 is 2.61 bits per heavy atom. The number of rotatable bonds is 5. The van der Waals surface area contributed by atoms with E-state index in [1.165, 1.54) is 0 Å². The van der Waals surface area contributed by atoms with Crippen LogP contribution in [0, 0.1) is 0 Å². The van der Waals surface area contributed by atoms with E-state index in [1.807, 2.05) is 54.6 Å². The molecule has 2 aliphatic heterocycles. The van der Waals surface area contributed by atoms with Gasteiger partial charge in [-0.25, -0.2) is 4.79 Å². The van der Waals surface area contributed by atoms with E-state index in [2.05, 4.69) is 12.2 Å². The molecule has 4 amide bonds. The van der Waals surface area contributed by atoms with Gasteiger partial charge in [0.1, 0.15) is 12.1 Å². The average Bonchev–Trinajstić information content (AvgIpc) is 2.89. The molecular formula is C24H27N3O3S. The molecule has 2 heterocycles. The van der Waals surface area contributed by atoms with E-state index in [0.717, 1.165) is 27.5 Å². The van der Waals surface area contributed by atoms with E-state index in [0.29, 0.717) is 24.6 Å². The van der Waals surface area contributed by atoms with Crippen LogP contribution in [0.4, 0.5) is 10.5 Å². The standard InChI is InChI=1S/C24H27N3O3S/c1-17-13-15-26(19-10-6-7-11-20(19)31-17)21(28)16-27-22(29)24(2,25-23(27)30)14-12-18-8-4-3-5-9-18/h3-11,17H,12-16H2,1-2H3,(H,25,30)/t17-,24+/m1/s1. The molecule has 162 valence electrons. The number of anilines is 1. The van der Waals surface area contributed by atoms with Crippen molar-refractivity contribution >= 4 is 35.3 Å². The first-order valence-electron chi connectivity index (χ1n) is 10.6. The minimum Gasteiger partial charge on any atom is -0.323 e. The summed E-state index contributed by atoms with van der Waals surface area (Å²) < 4.78 is 0. The lowest BCUT2D eigenvalue weighted by atomic mass is 9.93. The normalized spacial score (nSPS) is 23.4. The quantitative estimate of drug-likeness (QED) is 0.722. The van der Waals surface area contributed by atoms with Crippen LogP contribution in [0.15, 0.2) is 59.5 Å². The molecule has 1 fully saturated rings. The van der Waals surface area contributed by atoms with Crippen molar-refractivity contribution in [3.05, 3.63) is 60.2 Å². The van der Waals surface area contributed by atoms with Gasteiger partial charge in [0.2, 0.25) is 5.91 Å². The summed E-state index contributed by atoms with van der Waals surface area (Å²) in [5, 5.41) is 3.20. The Hall–Kier alpha value is -2.80. The molecule has 0 aromatic heterocycles. The highest BCUT2D eigenvalue weighted by molar-refractivity contribution is 8.00. The number of imide groups is 1. The van der Waals surface area contributed by atoms with Gasteiger partial charge in [-0.05, 0) is 43.9 Å². The van der Waals surface area contributed by atoms with Crippen molar-refractivity contribution < 1.29 is 14.4 Å². The second kappa shape index (κ2) is 8.75. The van der Waals surface area contributed by atoms with E-state index < -0.39 is 11.6 Å². The van der Waals surface area contributed by atoms with Gasteiger partial charge in [0.15, 0.2) is 0 Å². The zero-order chi connectivity index (χ0) is 22.0. The van der Waals surface area contributed by atoms with Crippen LogP contribution in [0.5, 0.6) is 0 Å². The summed E-state index contributed by atoms with van der Waals surface area (Å²) in [5.74, 6) is -0.578. The number of nitrogens with one attached hydrogen (secondary N) is 1. The minimum absolute atomic E-state index is 0.238. The number of nitrogens with zero attached hydrogens (tertiary/aromatic N) is 2. The number of urea groups is 1. The van der Waals surface area contributed by atoms with Gasteiger partial charge in [0.25, 0.3) is 5.91 Å². The molecule has 0 saturated carbocycles. The van der Waals surface area contributed by atoms with Gasteiger partial charge < -0.3 is 10.2 Å². The monoisotopic (exact) mass is 437 g/mol. The van der Waals surface area contributed by atoms with Crippen LogP contribution in [0.2, 0.25) is 0 Å². The van der Waals surface area contributed by atoms with Gasteiger partial charge >= 0.3 is 6.03 Å². The van der Waals surface area contributed by atoms with Crippen molar-refractivity contribution in [3.63, 3.8) is 0 Å². The number of fused-ring (bicyclic) bond motifs is 1. The van der Waals surface area contributed by atoms with Crippen LogP contribution in [0.25, 0.3) is 0 Å². The van der Waals surface area contributed by atoms with Gasteiger partial charge in [-0.15, -0.1) is 11.8 Å². The lowest BCUT2D eigenvalue weighted by molar-refractivity contribution is -0.134. The van der Waals surface area contributed by atoms with Crippen molar-refractivity contribution in [2.45, 2.75) is 48.8 Å². The molecule has 0 aliphatic carbocycles. The van der Waals surface area contributed by atoms with Crippen molar-refractivity contribution in [1.82, 2.24) is 10.2 Å². The third kappa shape index (κ3) is 4.46. The second-order valence-electron chi connectivity index (χ2n) is 8.37. The maximum absolute atomic E-state index is 13.2. The summed E-state index contributed by atoms with van der Waals surface area (Å²) >= 11 is 1.75. The van der Waals surface area contributed by atoms with Crippen molar-refractivity contribution in [2.75, 3.05) is 18.0 Å². The molecular weight excluding hydrogens is 410 g/mol. The predicted molar refractivity (Wildman–Crippen MR) is 122 cm³/mol. The van der Waals surface area contributed by atoms with Crippen molar-refractivity contribution in [1.29, 1.82) is 0 Å². The van der Waals surface area contributed by atoms with Crippen LogP contribution in [0.1, 0.15) is 32.3 Å². The Balaban J connectivity index is 1.47. The maximum atomic E-state index is 13.2. The summed E-state index contributed by atoms with van der Waals surface area (Å²) in [6.07, 6.45) is 1.99. The molecule has 4 rings (SSSR count). The predicted octanol–water partition coefficient (Wildman–Crippen LogP) is 3.85. The zero-order valence-electron chi connectivity index (χ0n) is 17.8. The van der Waals surface area contributed by atoms with E-state index >= 15 is 0 Å². The number of benzene rings is 2. The molecule has 31 heavy (non-hydrogen) atoms. The molecule has 7 heteroatoms. The first-order valence-corrected chi connectivity index (χ1v) is 11.5. The number of amides is 4. The van der Waals surface area contributed by atoms with Gasteiger partial charge in [-0.2, -0.15) is 0 Å². The topological polar surface area (TPSA) is 69.7 Å². The average molecular weight is 438 g/mol. The number of para-hydroxylation sites is 1. The molecule has 2 aliphatic rings. The minimum atomic E-state index is -1.01. The van der Waals surface area contributed by atoms with Crippen LogP contribution in [0.3, 0.4) is 0 Å². The molecule has 0 radical (unpaired) electrons. The fraction of sp³-hybridized carbons (Fsp3) is 0.375. The Bertz CT molecular complexity index is 997. The zero-order valence-corrected chi connectivity index (χ0v) is 18.7. The number of hydrogen-bond donors (Lipinski definition) is 1. The summed E-state index contributed by atoms with van der Waals surface area (Å²) in [7, 11) is 0. The Morgan fingerprint density at radius 1 is 1.13 bits per heavy atom. The molecule has 0 unspecified atom stereocenters. The Morgan fingerprint density at radius 2 is 1.84 bits per heavy atom. The number of carbonyl (C=O) groups is 3. The number of thioether (sulfide) groups is 1. The Labute approximate surface area is 187 Å². The lowest BCUT2D eigenvalue weighted by Crippen LogP contribution is -2.46. The van der Waals surface area contributed by atoms with Crippen molar-refractivity contribution in [2.24, 2.45) is 0 Å². The fourth-order valence-electron chi connectivity index (χ4n) is 4.07. The Kier molecular flexibility index (Phi) is 6.05. The maximum Gasteiger partial charge on any atom is 0.325 e. The third-order valence-corrected chi connectivity index (χ3v) is 7.18. The van der Waals surface area contributed by atoms with E-state index in [-0.39, 0.29) is 18.4 Å². The van der Waals surface area contributed by atoms with Gasteiger partial charge in [0.05, 0.1) is 5.69 Å². The second-order valence-corrected chi connectivity index (χ2v) is 9.85.